The van der Waals surface area contributed by atoms with Gasteiger partial charge in [0.1, 0.15) is 6.07 Å². The number of aromatic nitrogens is 1. The van der Waals surface area contributed by atoms with Gasteiger partial charge in [0.2, 0.25) is 0 Å². The number of hydrogen-bond donors (Lipinski definition) is 2. The maximum atomic E-state index is 11.3. The van der Waals surface area contributed by atoms with Crippen molar-refractivity contribution >= 4 is 30.1 Å². The summed E-state index contributed by atoms with van der Waals surface area (Å²) in [5, 5.41) is 9.01. The van der Waals surface area contributed by atoms with Gasteiger partial charge in [-0.25, -0.2) is 4.85 Å². The second-order valence-corrected chi connectivity index (χ2v) is 3.55. The van der Waals surface area contributed by atoms with Crippen molar-refractivity contribution in [2.24, 2.45) is 0 Å². The van der Waals surface area contributed by atoms with Gasteiger partial charge in [-0.1, -0.05) is 0 Å². The molecule has 0 saturated heterocycles. The number of nitrogens with zero attached hydrogens (tertiary/aromatic N) is 2. The molecule has 0 aliphatic rings. The summed E-state index contributed by atoms with van der Waals surface area (Å²) in [5.41, 5.74) is -0.313. The number of nitrogens with one attached hydrogen (secondary N) is 1. The third kappa shape index (κ3) is 1.63. The molecule has 1 N–H and O–H groups in total. The van der Waals surface area contributed by atoms with Gasteiger partial charge in [0, 0.05) is 4.90 Å². The van der Waals surface area contributed by atoms with E-state index in [4.69, 9.17) is 11.8 Å². The lowest BCUT2D eigenvalue weighted by Crippen LogP contribution is -2.08. The number of rotatable bonds is 1. The molecule has 0 aliphatic heterocycles. The minimum Gasteiger partial charge on any atom is -0.325 e. The third-order valence-corrected chi connectivity index (χ3v) is 2.69. The Kier molecular flexibility index (Phi) is 3.23. The number of H-pyrrole nitrogens is 1. The summed E-state index contributed by atoms with van der Waals surface area (Å²) in [7, 11) is 0. The van der Waals surface area contributed by atoms with Gasteiger partial charge in [-0.15, -0.1) is 24.4 Å². The first-order chi connectivity index (χ1) is 6.65. The fourth-order valence-electron chi connectivity index (χ4n) is 0.962. The molecule has 0 aliphatic carbocycles. The van der Waals surface area contributed by atoms with Crippen molar-refractivity contribution in [2.45, 2.75) is 9.92 Å². The molecule has 1 aromatic rings. The quantitative estimate of drug-likeness (QED) is 0.433. The van der Waals surface area contributed by atoms with Gasteiger partial charge in [-0.3, -0.25) is 4.79 Å². The molecule has 0 bridgehead atoms. The molecule has 0 unspecified atom stereocenters. The lowest BCUT2D eigenvalue weighted by Gasteiger charge is -2.04. The van der Waals surface area contributed by atoms with Crippen molar-refractivity contribution in [2.75, 3.05) is 6.26 Å². The molecular formula is C8H5N3OS2. The van der Waals surface area contributed by atoms with Crippen LogP contribution < -0.4 is 5.56 Å². The number of aromatic amines is 1. The Morgan fingerprint density at radius 1 is 1.71 bits per heavy atom. The van der Waals surface area contributed by atoms with E-state index in [1.807, 2.05) is 6.07 Å². The molecule has 1 rings (SSSR count). The Morgan fingerprint density at radius 3 is 2.79 bits per heavy atom. The summed E-state index contributed by atoms with van der Waals surface area (Å²) in [6, 6.07) is 1.91. The molecular weight excluding hydrogens is 218 g/mol. The smallest absolute Gasteiger partial charge is 0.265 e. The highest BCUT2D eigenvalue weighted by atomic mass is 32.2. The van der Waals surface area contributed by atoms with E-state index in [1.54, 1.807) is 6.26 Å². The number of pyridine rings is 1. The predicted molar refractivity (Wildman–Crippen MR) is 57.1 cm³/mol. The van der Waals surface area contributed by atoms with E-state index >= 15 is 0 Å². The Morgan fingerprint density at radius 2 is 2.36 bits per heavy atom. The van der Waals surface area contributed by atoms with Crippen molar-refractivity contribution in [1.82, 2.24) is 4.98 Å². The lowest BCUT2D eigenvalue weighted by molar-refractivity contribution is 1.04. The van der Waals surface area contributed by atoms with Crippen molar-refractivity contribution in [3.63, 3.8) is 0 Å². The number of thiol groups is 1. The van der Waals surface area contributed by atoms with Crippen LogP contribution in [-0.2, 0) is 0 Å². The Hall–Kier alpha value is -1.37. The van der Waals surface area contributed by atoms with Gasteiger partial charge >= 0.3 is 0 Å². The van der Waals surface area contributed by atoms with Crippen LogP contribution >= 0.6 is 24.4 Å². The lowest BCUT2D eigenvalue weighted by atomic mass is 10.3. The molecule has 0 aromatic carbocycles. The molecule has 0 fully saturated rings. The van der Waals surface area contributed by atoms with Crippen molar-refractivity contribution in [3.8, 4) is 6.07 Å². The maximum Gasteiger partial charge on any atom is 0.265 e. The third-order valence-electron chi connectivity index (χ3n) is 1.55. The Labute approximate surface area is 90.2 Å². The average Bonchev–Trinajstić information content (AvgIpc) is 2.16. The highest BCUT2D eigenvalue weighted by Gasteiger charge is 2.14. The van der Waals surface area contributed by atoms with Crippen LogP contribution in [0.25, 0.3) is 4.85 Å². The van der Waals surface area contributed by atoms with Crippen LogP contribution in [0.2, 0.25) is 0 Å². The largest absolute Gasteiger partial charge is 0.325 e. The zero-order chi connectivity index (χ0) is 10.7. The van der Waals surface area contributed by atoms with Crippen LogP contribution in [0.1, 0.15) is 5.56 Å². The zero-order valence-corrected chi connectivity index (χ0v) is 8.87. The van der Waals surface area contributed by atoms with Crippen LogP contribution in [0.15, 0.2) is 14.7 Å². The Balaban J connectivity index is 3.73. The first-order valence-electron chi connectivity index (χ1n) is 3.46. The minimum absolute atomic E-state index is 0.0492. The molecule has 4 nitrogen and oxygen atoms in total. The van der Waals surface area contributed by atoms with E-state index in [1.165, 1.54) is 11.8 Å². The second kappa shape index (κ2) is 4.23. The summed E-state index contributed by atoms with van der Waals surface area (Å²) in [6.45, 7) is 6.83. The normalized spacial score (nSPS) is 9.14. The number of nitriles is 1. The van der Waals surface area contributed by atoms with Gasteiger partial charge in [0.25, 0.3) is 11.2 Å². The van der Waals surface area contributed by atoms with Gasteiger partial charge in [0.15, 0.2) is 0 Å². The predicted octanol–water partition coefficient (Wildman–Crippen LogP) is 1.81. The molecule has 0 spiro atoms. The van der Waals surface area contributed by atoms with E-state index in [-0.39, 0.29) is 16.3 Å². The van der Waals surface area contributed by atoms with Gasteiger partial charge in [-0.2, -0.15) is 5.26 Å². The van der Waals surface area contributed by atoms with Crippen LogP contribution in [-0.4, -0.2) is 11.2 Å². The average molecular weight is 223 g/mol. The zero-order valence-electron chi connectivity index (χ0n) is 7.16. The second-order valence-electron chi connectivity index (χ2n) is 2.28. The summed E-state index contributed by atoms with van der Waals surface area (Å²) >= 11 is 5.16. The van der Waals surface area contributed by atoms with Crippen molar-refractivity contribution in [3.05, 3.63) is 27.3 Å². The first kappa shape index (κ1) is 10.7. The van der Waals surface area contributed by atoms with E-state index in [9.17, 15) is 4.79 Å². The topological polar surface area (TPSA) is 61.0 Å². The first-order valence-corrected chi connectivity index (χ1v) is 5.13. The van der Waals surface area contributed by atoms with Crippen LogP contribution in [0.3, 0.4) is 0 Å². The van der Waals surface area contributed by atoms with Gasteiger partial charge in [-0.05, 0) is 6.26 Å². The van der Waals surface area contributed by atoms with Crippen molar-refractivity contribution in [1.29, 1.82) is 5.26 Å². The molecule has 0 saturated carbocycles. The highest BCUT2D eigenvalue weighted by molar-refractivity contribution is 7.98. The van der Waals surface area contributed by atoms with Crippen LogP contribution in [0.4, 0.5) is 5.69 Å². The van der Waals surface area contributed by atoms with E-state index in [0.29, 0.717) is 4.90 Å². The summed E-state index contributed by atoms with van der Waals surface area (Å²) < 4.78 is 0. The van der Waals surface area contributed by atoms with Gasteiger partial charge < -0.3 is 4.98 Å². The number of thioether (sulfide) groups is 1. The Bertz CT molecular complexity index is 507. The SMILES string of the molecule is [C-]#[N+]c1c(SC)c(C#N)c(S)[nH]c1=O. The molecule has 6 heteroatoms. The molecule has 0 radical (unpaired) electrons. The van der Waals surface area contributed by atoms with E-state index in [2.05, 4.69) is 22.5 Å². The fraction of sp³-hybridized carbons (Fsp3) is 0.125. The van der Waals surface area contributed by atoms with Crippen molar-refractivity contribution < 1.29 is 0 Å². The van der Waals surface area contributed by atoms with Crippen LogP contribution in [0, 0.1) is 17.9 Å². The van der Waals surface area contributed by atoms with E-state index < -0.39 is 5.56 Å². The standard InChI is InChI=1S/C8H5N3OS2/c1-10-5-6(14-2)4(3-9)8(13)11-7(5)12/h2H3,(H2,11,12,13). The summed E-state index contributed by atoms with van der Waals surface area (Å²) in [4.78, 5) is 17.1. The molecule has 1 heterocycles. The molecule has 0 atom stereocenters. The molecule has 1 aromatic heterocycles. The fourth-order valence-corrected chi connectivity index (χ4v) is 1.98. The highest BCUT2D eigenvalue weighted by Crippen LogP contribution is 2.30. The van der Waals surface area contributed by atoms with Crippen LogP contribution in [0.5, 0.6) is 0 Å². The summed E-state index contributed by atoms with van der Waals surface area (Å²) in [5.74, 6) is 0. The van der Waals surface area contributed by atoms with Gasteiger partial charge in [0.05, 0.1) is 17.2 Å². The summed E-state index contributed by atoms with van der Waals surface area (Å²) in [6.07, 6.45) is 1.71. The monoisotopic (exact) mass is 223 g/mol. The maximum absolute atomic E-state index is 11.3. The van der Waals surface area contributed by atoms with E-state index in [0.717, 1.165) is 0 Å². The molecule has 70 valence electrons. The molecule has 14 heavy (non-hydrogen) atoms. The number of hydrogen-bond acceptors (Lipinski definition) is 4. The minimum atomic E-state index is -0.506. The molecule has 0 amide bonds.